The van der Waals surface area contributed by atoms with Crippen LogP contribution in [0.4, 0.5) is 0 Å². The van der Waals surface area contributed by atoms with Crippen LogP contribution in [0.25, 0.3) is 65.5 Å². The van der Waals surface area contributed by atoms with Gasteiger partial charge >= 0.3 is 0 Å². The van der Waals surface area contributed by atoms with Crippen molar-refractivity contribution in [2.45, 2.75) is 5.41 Å². The van der Waals surface area contributed by atoms with Gasteiger partial charge in [-0.1, -0.05) is 152 Å². The molecule has 0 fully saturated rings. The first kappa shape index (κ1) is 28.8. The molecule has 234 valence electrons. The second-order valence-electron chi connectivity index (χ2n) is 12.8. The molecule has 0 bridgehead atoms. The summed E-state index contributed by atoms with van der Waals surface area (Å²) in [4.78, 5) is 16.6. The number of hydrogen-bond donors (Lipinski definition) is 0. The van der Waals surface area contributed by atoms with Gasteiger partial charge in [-0.05, 0) is 73.8 Å². The van der Waals surface area contributed by atoms with Crippen LogP contribution in [0.5, 0.6) is 0 Å². The van der Waals surface area contributed by atoms with Gasteiger partial charge in [0.1, 0.15) is 0 Å². The molecule has 0 radical (unpaired) electrons. The molecular weight excluding hydrogens is 627 g/mol. The molecule has 0 spiro atoms. The van der Waals surface area contributed by atoms with Crippen molar-refractivity contribution in [3.05, 3.63) is 198 Å². The Morgan fingerprint density at radius 1 is 0.380 bits per heavy atom. The summed E-state index contributed by atoms with van der Waals surface area (Å²) in [6.45, 7) is 0. The second-order valence-corrected chi connectivity index (χ2v) is 13.9. The highest BCUT2D eigenvalue weighted by Crippen LogP contribution is 2.56. The maximum atomic E-state index is 5.21. The first-order valence-corrected chi connectivity index (χ1v) is 17.7. The molecule has 0 aliphatic heterocycles. The fourth-order valence-corrected chi connectivity index (χ4v) is 8.75. The predicted octanol–water partition coefficient (Wildman–Crippen LogP) is 11.6. The minimum atomic E-state index is -0.507. The van der Waals surface area contributed by atoms with E-state index >= 15 is 0 Å². The van der Waals surface area contributed by atoms with Crippen LogP contribution in [-0.2, 0) is 5.41 Å². The van der Waals surface area contributed by atoms with Crippen LogP contribution in [-0.4, -0.2) is 15.0 Å². The number of aromatic nitrogens is 3. The molecule has 3 nitrogen and oxygen atoms in total. The summed E-state index contributed by atoms with van der Waals surface area (Å²) in [5, 5.41) is 3.53. The third-order valence-electron chi connectivity index (χ3n) is 10.0. The molecule has 0 amide bonds. The number of nitrogens with zero attached hydrogens (tertiary/aromatic N) is 3. The molecule has 0 atom stereocenters. The number of rotatable bonds is 5. The molecule has 0 saturated carbocycles. The van der Waals surface area contributed by atoms with E-state index in [1.165, 1.54) is 48.9 Å². The van der Waals surface area contributed by atoms with Gasteiger partial charge in [0, 0.05) is 15.8 Å². The molecule has 1 aliphatic carbocycles. The molecule has 9 aromatic rings. The first-order valence-electron chi connectivity index (χ1n) is 16.9. The minimum Gasteiger partial charge on any atom is -0.208 e. The molecule has 10 rings (SSSR count). The maximum absolute atomic E-state index is 5.21. The van der Waals surface area contributed by atoms with Crippen LogP contribution in [0, 0.1) is 0 Å². The Morgan fingerprint density at radius 3 is 1.68 bits per heavy atom. The zero-order valence-corrected chi connectivity index (χ0v) is 27.8. The molecule has 0 unspecified atom stereocenters. The van der Waals surface area contributed by atoms with Crippen molar-refractivity contribution >= 4 is 32.2 Å². The quantitative estimate of drug-likeness (QED) is 0.185. The van der Waals surface area contributed by atoms with Crippen molar-refractivity contribution in [1.29, 1.82) is 0 Å². The van der Waals surface area contributed by atoms with E-state index < -0.39 is 5.41 Å². The summed E-state index contributed by atoms with van der Waals surface area (Å²) in [7, 11) is 0. The monoisotopic (exact) mass is 655 g/mol. The standard InChI is InChI=1S/C46H29N3S/c1-3-16-35(17-4-1)46(36-18-5-2-6-19-36)39-21-11-10-20-37(39)38-26-25-34(28-40(38)46)44-47-43(33-24-23-30-13-7-8-14-31(30)27-33)48-45(49-44)42-29-32-15-9-12-22-41(32)50-42/h1-29H. The molecule has 1 aliphatic rings. The molecule has 4 heteroatoms. The van der Waals surface area contributed by atoms with E-state index in [-0.39, 0.29) is 0 Å². The average molecular weight is 656 g/mol. The number of benzene rings is 7. The summed E-state index contributed by atoms with van der Waals surface area (Å²) < 4.78 is 1.21. The molecule has 7 aromatic carbocycles. The van der Waals surface area contributed by atoms with Gasteiger partial charge in [-0.15, -0.1) is 11.3 Å². The van der Waals surface area contributed by atoms with E-state index in [9.17, 15) is 0 Å². The van der Waals surface area contributed by atoms with Crippen molar-refractivity contribution < 1.29 is 0 Å². The molecule has 2 aromatic heterocycles. The van der Waals surface area contributed by atoms with E-state index in [0.717, 1.165) is 21.4 Å². The summed E-state index contributed by atoms with van der Waals surface area (Å²) in [5.74, 6) is 2.00. The highest BCUT2D eigenvalue weighted by atomic mass is 32.1. The normalized spacial score (nSPS) is 13.0. The topological polar surface area (TPSA) is 38.7 Å². The van der Waals surface area contributed by atoms with E-state index in [2.05, 4.69) is 176 Å². The van der Waals surface area contributed by atoms with Gasteiger partial charge in [-0.25, -0.2) is 15.0 Å². The molecule has 2 heterocycles. The summed E-state index contributed by atoms with van der Waals surface area (Å²) in [5.41, 5.74) is 8.86. The zero-order valence-electron chi connectivity index (χ0n) is 27.0. The highest BCUT2D eigenvalue weighted by Gasteiger charge is 2.46. The molecule has 0 N–H and O–H groups in total. The Labute approximate surface area is 294 Å². The smallest absolute Gasteiger partial charge is 0.174 e. The summed E-state index contributed by atoms with van der Waals surface area (Å²) in [6, 6.07) is 62.9. The van der Waals surface area contributed by atoms with Crippen LogP contribution in [0.3, 0.4) is 0 Å². The van der Waals surface area contributed by atoms with E-state index in [0.29, 0.717) is 17.5 Å². The SMILES string of the molecule is c1ccc(C2(c3ccccc3)c3ccccc3-c3ccc(-c4nc(-c5ccc6ccccc6c5)nc(-c5cc6ccccc6s5)n4)cc32)cc1. The lowest BCUT2D eigenvalue weighted by molar-refractivity contribution is 0.768. The van der Waals surface area contributed by atoms with Crippen LogP contribution >= 0.6 is 11.3 Å². The van der Waals surface area contributed by atoms with E-state index in [1.807, 2.05) is 0 Å². The van der Waals surface area contributed by atoms with Gasteiger partial charge in [0.15, 0.2) is 17.5 Å². The fourth-order valence-electron chi connectivity index (χ4n) is 7.75. The van der Waals surface area contributed by atoms with Crippen molar-refractivity contribution in [2.75, 3.05) is 0 Å². The van der Waals surface area contributed by atoms with Crippen molar-refractivity contribution in [2.24, 2.45) is 0 Å². The third kappa shape index (κ3) is 4.46. The largest absolute Gasteiger partial charge is 0.208 e. The second kappa shape index (κ2) is 11.4. The van der Waals surface area contributed by atoms with Gasteiger partial charge in [0.2, 0.25) is 0 Å². The Hall–Kier alpha value is -6.23. The van der Waals surface area contributed by atoms with Crippen molar-refractivity contribution in [3.8, 4) is 44.6 Å². The van der Waals surface area contributed by atoms with E-state index in [1.54, 1.807) is 11.3 Å². The first-order chi connectivity index (χ1) is 24.8. The lowest BCUT2D eigenvalue weighted by Crippen LogP contribution is -2.28. The number of thiophene rings is 1. The highest BCUT2D eigenvalue weighted by molar-refractivity contribution is 7.22. The van der Waals surface area contributed by atoms with Crippen LogP contribution in [0.15, 0.2) is 176 Å². The van der Waals surface area contributed by atoms with Crippen molar-refractivity contribution in [1.82, 2.24) is 15.0 Å². The lowest BCUT2D eigenvalue weighted by Gasteiger charge is -2.34. The molecule has 0 saturated heterocycles. The summed E-state index contributed by atoms with van der Waals surface area (Å²) in [6.07, 6.45) is 0. The Kier molecular flexibility index (Phi) is 6.58. The molecular formula is C46H29N3S. The fraction of sp³-hybridized carbons (Fsp3) is 0.0217. The maximum Gasteiger partial charge on any atom is 0.174 e. The van der Waals surface area contributed by atoms with Crippen LogP contribution < -0.4 is 0 Å². The Morgan fingerprint density at radius 2 is 0.940 bits per heavy atom. The zero-order chi connectivity index (χ0) is 33.1. The number of hydrogen-bond acceptors (Lipinski definition) is 4. The van der Waals surface area contributed by atoms with Gasteiger partial charge in [-0.3, -0.25) is 0 Å². The van der Waals surface area contributed by atoms with Gasteiger partial charge in [0.05, 0.1) is 10.3 Å². The Bertz CT molecular complexity index is 2640. The van der Waals surface area contributed by atoms with Gasteiger partial charge in [0.25, 0.3) is 0 Å². The van der Waals surface area contributed by atoms with Crippen LogP contribution in [0.2, 0.25) is 0 Å². The number of fused-ring (bicyclic) bond motifs is 5. The van der Waals surface area contributed by atoms with Gasteiger partial charge < -0.3 is 0 Å². The molecule has 50 heavy (non-hydrogen) atoms. The third-order valence-corrected chi connectivity index (χ3v) is 11.1. The van der Waals surface area contributed by atoms with E-state index in [4.69, 9.17) is 15.0 Å². The predicted molar refractivity (Wildman–Crippen MR) is 206 cm³/mol. The Balaban J connectivity index is 1.23. The van der Waals surface area contributed by atoms with Crippen molar-refractivity contribution in [3.63, 3.8) is 0 Å². The lowest BCUT2D eigenvalue weighted by atomic mass is 9.67. The summed E-state index contributed by atoms with van der Waals surface area (Å²) >= 11 is 1.71. The van der Waals surface area contributed by atoms with Crippen LogP contribution in [0.1, 0.15) is 22.3 Å². The van der Waals surface area contributed by atoms with Gasteiger partial charge in [-0.2, -0.15) is 0 Å². The average Bonchev–Trinajstić information content (AvgIpc) is 3.76. The minimum absolute atomic E-state index is 0.507.